The monoisotopic (exact) mass is 275 g/mol. The molecule has 0 aliphatic carbocycles. The fourth-order valence-corrected chi connectivity index (χ4v) is 1.72. The van der Waals surface area contributed by atoms with Crippen molar-refractivity contribution in [2.75, 3.05) is 12.4 Å². The third-order valence-corrected chi connectivity index (χ3v) is 2.86. The van der Waals surface area contributed by atoms with E-state index >= 15 is 0 Å². The van der Waals surface area contributed by atoms with Gasteiger partial charge in [-0.2, -0.15) is 4.98 Å². The molecular weight excluding hydrogens is 257 g/mol. The van der Waals surface area contributed by atoms with Crippen LogP contribution in [0.4, 0.5) is 10.2 Å². The Bertz CT molecular complexity index is 587. The number of hydrogen-bond donors (Lipinski definition) is 1. The van der Waals surface area contributed by atoms with E-state index in [1.807, 2.05) is 13.8 Å². The Labute approximate surface area is 118 Å². The number of halogens is 1. The maximum atomic E-state index is 13.5. The van der Waals surface area contributed by atoms with Gasteiger partial charge in [-0.15, -0.1) is 0 Å². The molecule has 0 saturated carbocycles. The smallest absolute Gasteiger partial charge is 0.218 e. The van der Waals surface area contributed by atoms with Gasteiger partial charge in [0.15, 0.2) is 0 Å². The normalized spacial score (nSPS) is 10.7. The van der Waals surface area contributed by atoms with Crippen LogP contribution in [0, 0.1) is 5.82 Å². The Hall–Kier alpha value is -2.17. The number of nitrogens with zero attached hydrogens (tertiary/aromatic N) is 2. The molecule has 0 spiro atoms. The van der Waals surface area contributed by atoms with Crippen molar-refractivity contribution < 1.29 is 9.13 Å². The van der Waals surface area contributed by atoms with Crippen molar-refractivity contribution in [2.45, 2.75) is 26.3 Å². The first-order valence-electron chi connectivity index (χ1n) is 6.50. The number of methoxy groups -OCH3 is 1. The number of ether oxygens (including phenoxy) is 1. The van der Waals surface area contributed by atoms with E-state index in [2.05, 4.69) is 15.3 Å². The molecule has 1 aromatic heterocycles. The molecular formula is C15H18FN3O. The summed E-state index contributed by atoms with van der Waals surface area (Å²) in [6, 6.07) is 8.36. The van der Waals surface area contributed by atoms with Gasteiger partial charge in [-0.1, -0.05) is 32.0 Å². The number of aromatic nitrogens is 2. The van der Waals surface area contributed by atoms with Crippen molar-refractivity contribution in [3.05, 3.63) is 47.5 Å². The van der Waals surface area contributed by atoms with Gasteiger partial charge in [-0.05, 0) is 6.07 Å². The second-order valence-corrected chi connectivity index (χ2v) is 4.75. The van der Waals surface area contributed by atoms with Gasteiger partial charge in [-0.25, -0.2) is 9.37 Å². The highest BCUT2D eigenvalue weighted by Gasteiger charge is 2.09. The lowest BCUT2D eigenvalue weighted by Crippen LogP contribution is -2.07. The maximum Gasteiger partial charge on any atom is 0.218 e. The Morgan fingerprint density at radius 1 is 1.25 bits per heavy atom. The van der Waals surface area contributed by atoms with E-state index in [4.69, 9.17) is 4.74 Å². The molecule has 2 rings (SSSR count). The molecule has 0 fully saturated rings. The van der Waals surface area contributed by atoms with Gasteiger partial charge in [0.2, 0.25) is 5.88 Å². The predicted molar refractivity (Wildman–Crippen MR) is 76.4 cm³/mol. The first kappa shape index (κ1) is 14.2. The van der Waals surface area contributed by atoms with E-state index in [1.165, 1.54) is 6.07 Å². The second kappa shape index (κ2) is 6.32. The van der Waals surface area contributed by atoms with Gasteiger partial charge in [-0.3, -0.25) is 0 Å². The van der Waals surface area contributed by atoms with Crippen molar-refractivity contribution in [1.29, 1.82) is 0 Å². The van der Waals surface area contributed by atoms with E-state index in [-0.39, 0.29) is 11.7 Å². The Kier molecular flexibility index (Phi) is 4.50. The first-order valence-corrected chi connectivity index (χ1v) is 6.50. The molecule has 1 aromatic carbocycles. The van der Waals surface area contributed by atoms with Gasteiger partial charge in [0.1, 0.15) is 17.5 Å². The third-order valence-electron chi connectivity index (χ3n) is 2.86. The van der Waals surface area contributed by atoms with Crippen LogP contribution in [0.2, 0.25) is 0 Å². The van der Waals surface area contributed by atoms with Gasteiger partial charge in [0.05, 0.1) is 7.11 Å². The molecule has 0 unspecified atom stereocenters. The zero-order chi connectivity index (χ0) is 14.5. The lowest BCUT2D eigenvalue weighted by Gasteiger charge is -2.11. The predicted octanol–water partition coefficient (Wildman–Crippen LogP) is 3.36. The van der Waals surface area contributed by atoms with E-state index in [9.17, 15) is 4.39 Å². The molecule has 0 atom stereocenters. The zero-order valence-corrected chi connectivity index (χ0v) is 11.9. The van der Waals surface area contributed by atoms with Crippen LogP contribution in [0.15, 0.2) is 30.3 Å². The van der Waals surface area contributed by atoms with E-state index in [1.54, 1.807) is 31.4 Å². The molecule has 1 heterocycles. The molecule has 0 aliphatic heterocycles. The summed E-state index contributed by atoms with van der Waals surface area (Å²) in [6.07, 6.45) is 0. The number of rotatable bonds is 5. The standard InChI is InChI=1S/C15H18FN3O/c1-10(2)15-18-13(8-14(19-15)20-3)17-9-11-6-4-5-7-12(11)16/h4-8,10H,9H2,1-3H3,(H,17,18,19). The van der Waals surface area contributed by atoms with Crippen molar-refractivity contribution in [1.82, 2.24) is 9.97 Å². The van der Waals surface area contributed by atoms with Gasteiger partial charge < -0.3 is 10.1 Å². The Balaban J connectivity index is 2.17. The minimum Gasteiger partial charge on any atom is -0.481 e. The van der Waals surface area contributed by atoms with Crippen LogP contribution >= 0.6 is 0 Å². The molecule has 0 aliphatic rings. The summed E-state index contributed by atoms with van der Waals surface area (Å²) >= 11 is 0. The lowest BCUT2D eigenvalue weighted by molar-refractivity contribution is 0.394. The molecule has 4 nitrogen and oxygen atoms in total. The van der Waals surface area contributed by atoms with Gasteiger partial charge >= 0.3 is 0 Å². The largest absolute Gasteiger partial charge is 0.481 e. The maximum absolute atomic E-state index is 13.5. The molecule has 20 heavy (non-hydrogen) atoms. The topological polar surface area (TPSA) is 47.0 Å². The molecule has 0 radical (unpaired) electrons. The fourth-order valence-electron chi connectivity index (χ4n) is 1.72. The van der Waals surface area contributed by atoms with Crippen LogP contribution in [-0.2, 0) is 6.54 Å². The van der Waals surface area contributed by atoms with Crippen LogP contribution in [-0.4, -0.2) is 17.1 Å². The SMILES string of the molecule is COc1cc(NCc2ccccc2F)nc(C(C)C)n1. The van der Waals surface area contributed by atoms with E-state index in [0.29, 0.717) is 29.6 Å². The van der Waals surface area contributed by atoms with Gasteiger partial charge in [0.25, 0.3) is 0 Å². The van der Waals surface area contributed by atoms with Crippen LogP contribution in [0.25, 0.3) is 0 Å². The van der Waals surface area contributed by atoms with Crippen LogP contribution < -0.4 is 10.1 Å². The van der Waals surface area contributed by atoms with Crippen LogP contribution in [0.1, 0.15) is 31.2 Å². The highest BCUT2D eigenvalue weighted by Crippen LogP contribution is 2.19. The minimum atomic E-state index is -0.231. The fraction of sp³-hybridized carbons (Fsp3) is 0.333. The summed E-state index contributed by atoms with van der Waals surface area (Å²) in [6.45, 7) is 4.38. The first-order chi connectivity index (χ1) is 9.60. The Morgan fingerprint density at radius 3 is 2.65 bits per heavy atom. The van der Waals surface area contributed by atoms with Gasteiger partial charge in [0, 0.05) is 24.1 Å². The number of hydrogen-bond acceptors (Lipinski definition) is 4. The van der Waals surface area contributed by atoms with E-state index in [0.717, 1.165) is 0 Å². The highest BCUT2D eigenvalue weighted by atomic mass is 19.1. The summed E-state index contributed by atoms with van der Waals surface area (Å²) in [5, 5.41) is 3.10. The lowest BCUT2D eigenvalue weighted by atomic mass is 10.2. The van der Waals surface area contributed by atoms with Crippen molar-refractivity contribution in [3.8, 4) is 5.88 Å². The minimum absolute atomic E-state index is 0.194. The average molecular weight is 275 g/mol. The summed E-state index contributed by atoms with van der Waals surface area (Å²) in [4.78, 5) is 8.68. The summed E-state index contributed by atoms with van der Waals surface area (Å²) < 4.78 is 18.7. The molecule has 106 valence electrons. The number of nitrogens with one attached hydrogen (secondary N) is 1. The quantitative estimate of drug-likeness (QED) is 0.909. The molecule has 0 amide bonds. The molecule has 0 saturated heterocycles. The van der Waals surface area contributed by atoms with Crippen molar-refractivity contribution in [2.24, 2.45) is 0 Å². The second-order valence-electron chi connectivity index (χ2n) is 4.75. The molecule has 5 heteroatoms. The zero-order valence-electron chi connectivity index (χ0n) is 11.9. The summed E-state index contributed by atoms with van der Waals surface area (Å²) in [5.74, 6) is 1.79. The summed E-state index contributed by atoms with van der Waals surface area (Å²) in [7, 11) is 1.56. The third kappa shape index (κ3) is 3.44. The molecule has 1 N–H and O–H groups in total. The molecule has 2 aromatic rings. The number of benzene rings is 1. The summed E-state index contributed by atoms with van der Waals surface area (Å²) in [5.41, 5.74) is 0.594. The Morgan fingerprint density at radius 2 is 2.00 bits per heavy atom. The van der Waals surface area contributed by atoms with Crippen LogP contribution in [0.5, 0.6) is 5.88 Å². The van der Waals surface area contributed by atoms with E-state index < -0.39 is 0 Å². The van der Waals surface area contributed by atoms with Crippen molar-refractivity contribution in [3.63, 3.8) is 0 Å². The highest BCUT2D eigenvalue weighted by molar-refractivity contribution is 5.40. The number of anilines is 1. The average Bonchev–Trinajstić information content (AvgIpc) is 2.46. The van der Waals surface area contributed by atoms with Crippen molar-refractivity contribution >= 4 is 5.82 Å². The molecule has 0 bridgehead atoms. The van der Waals surface area contributed by atoms with Crippen LogP contribution in [0.3, 0.4) is 0 Å².